The smallest absolute Gasteiger partial charge is 0.0989 e. The summed E-state index contributed by atoms with van der Waals surface area (Å²) in [6.07, 6.45) is 6.89. The molecule has 29 heavy (non-hydrogen) atoms. The summed E-state index contributed by atoms with van der Waals surface area (Å²) in [5, 5.41) is 0. The second-order valence-electron chi connectivity index (χ2n) is 8.22. The summed E-state index contributed by atoms with van der Waals surface area (Å²) in [7, 11) is 0. The Hall–Kier alpha value is -2.22. The molecule has 1 aliphatic rings. The Kier molecular flexibility index (Phi) is 11.2. The molecule has 0 aliphatic carbocycles. The average molecular weight is 395 g/mol. The van der Waals surface area contributed by atoms with E-state index in [9.17, 15) is 0 Å². The van der Waals surface area contributed by atoms with Crippen LogP contribution in [0.2, 0.25) is 0 Å². The van der Waals surface area contributed by atoms with Crippen LogP contribution in [0.3, 0.4) is 0 Å². The van der Waals surface area contributed by atoms with Crippen LogP contribution in [-0.4, -0.2) is 6.67 Å². The molecule has 0 radical (unpaired) electrons. The molecular weight excluding hydrogens is 352 g/mol. The van der Waals surface area contributed by atoms with Crippen LogP contribution in [0.4, 0.5) is 11.4 Å². The number of rotatable bonds is 4. The standard InChI is InChI=1S/C21H26N2.2C3H8/c1-16(2)18-9-5-7-11-20(18)22-13-14-23(15-22)21-12-8-6-10-19(21)17(3)4;2*1-3-2/h5-14,16-17H,15H2,1-4H3;2*3H2,1-2H3. The van der Waals surface area contributed by atoms with Gasteiger partial charge in [-0.25, -0.2) is 0 Å². The van der Waals surface area contributed by atoms with Crippen LogP contribution < -0.4 is 9.80 Å². The molecule has 2 nitrogen and oxygen atoms in total. The molecule has 3 rings (SSSR count). The van der Waals surface area contributed by atoms with Gasteiger partial charge in [-0.3, -0.25) is 0 Å². The van der Waals surface area contributed by atoms with E-state index in [0.717, 1.165) is 6.67 Å². The van der Waals surface area contributed by atoms with E-state index >= 15 is 0 Å². The Morgan fingerprint density at radius 1 is 0.621 bits per heavy atom. The summed E-state index contributed by atoms with van der Waals surface area (Å²) in [5.74, 6) is 1.05. The SMILES string of the molecule is CC(C)c1ccccc1N1C=CN(c2ccccc2C(C)C)C1.CCC.CCC. The van der Waals surface area contributed by atoms with Crippen LogP contribution in [0.1, 0.15) is 91.2 Å². The van der Waals surface area contributed by atoms with Crippen LogP contribution in [0.15, 0.2) is 60.9 Å². The summed E-state index contributed by atoms with van der Waals surface area (Å²) in [6.45, 7) is 18.4. The maximum atomic E-state index is 2.34. The predicted molar refractivity (Wildman–Crippen MR) is 132 cm³/mol. The lowest BCUT2D eigenvalue weighted by Gasteiger charge is -2.26. The highest BCUT2D eigenvalue weighted by Crippen LogP contribution is 2.33. The van der Waals surface area contributed by atoms with Gasteiger partial charge in [-0.1, -0.05) is 105 Å². The van der Waals surface area contributed by atoms with Gasteiger partial charge in [0, 0.05) is 23.8 Å². The molecule has 0 unspecified atom stereocenters. The van der Waals surface area contributed by atoms with E-state index in [0.29, 0.717) is 11.8 Å². The number of nitrogens with zero attached hydrogens (tertiary/aromatic N) is 2. The molecule has 2 heteroatoms. The summed E-state index contributed by atoms with van der Waals surface area (Å²) in [5.41, 5.74) is 5.42. The molecule has 1 heterocycles. The van der Waals surface area contributed by atoms with Crippen molar-refractivity contribution in [2.24, 2.45) is 0 Å². The molecular formula is C27H42N2. The molecule has 0 amide bonds. The van der Waals surface area contributed by atoms with E-state index < -0.39 is 0 Å². The van der Waals surface area contributed by atoms with Crippen molar-refractivity contribution in [2.75, 3.05) is 16.5 Å². The largest absolute Gasteiger partial charge is 0.328 e. The number of para-hydroxylation sites is 2. The Morgan fingerprint density at radius 3 is 1.24 bits per heavy atom. The fourth-order valence-electron chi connectivity index (χ4n) is 3.21. The maximum Gasteiger partial charge on any atom is 0.0989 e. The maximum absolute atomic E-state index is 2.34. The monoisotopic (exact) mass is 394 g/mol. The predicted octanol–water partition coefficient (Wildman–Crippen LogP) is 8.52. The van der Waals surface area contributed by atoms with Gasteiger partial charge >= 0.3 is 0 Å². The van der Waals surface area contributed by atoms with Gasteiger partial charge in [0.1, 0.15) is 0 Å². The van der Waals surface area contributed by atoms with Crippen LogP contribution in [0, 0.1) is 0 Å². The molecule has 2 aromatic rings. The zero-order valence-corrected chi connectivity index (χ0v) is 19.9. The fourth-order valence-corrected chi connectivity index (χ4v) is 3.21. The highest BCUT2D eigenvalue weighted by molar-refractivity contribution is 5.65. The van der Waals surface area contributed by atoms with Crippen LogP contribution in [0.5, 0.6) is 0 Å². The lowest BCUT2D eigenvalue weighted by molar-refractivity contribution is 0.842. The third-order valence-electron chi connectivity index (χ3n) is 4.47. The topological polar surface area (TPSA) is 6.48 Å². The Bertz CT molecular complexity index is 669. The average Bonchev–Trinajstić information content (AvgIpc) is 3.19. The van der Waals surface area contributed by atoms with E-state index in [1.54, 1.807) is 0 Å². The lowest BCUT2D eigenvalue weighted by Crippen LogP contribution is -2.26. The summed E-state index contributed by atoms with van der Waals surface area (Å²) in [6, 6.07) is 17.4. The van der Waals surface area contributed by atoms with Gasteiger partial charge in [0.05, 0.1) is 6.67 Å². The number of benzene rings is 2. The molecule has 160 valence electrons. The van der Waals surface area contributed by atoms with Crippen molar-refractivity contribution < 1.29 is 0 Å². The molecule has 2 aromatic carbocycles. The van der Waals surface area contributed by atoms with Gasteiger partial charge in [0.25, 0.3) is 0 Å². The van der Waals surface area contributed by atoms with Crippen LogP contribution in [-0.2, 0) is 0 Å². The van der Waals surface area contributed by atoms with Crippen LogP contribution >= 0.6 is 0 Å². The second kappa shape index (κ2) is 13.1. The zero-order chi connectivity index (χ0) is 21.8. The molecule has 0 N–H and O–H groups in total. The van der Waals surface area contributed by atoms with E-state index in [4.69, 9.17) is 0 Å². The van der Waals surface area contributed by atoms with Gasteiger partial charge in [-0.2, -0.15) is 0 Å². The van der Waals surface area contributed by atoms with Crippen molar-refractivity contribution in [1.82, 2.24) is 0 Å². The minimum Gasteiger partial charge on any atom is -0.328 e. The summed E-state index contributed by atoms with van der Waals surface area (Å²) >= 11 is 0. The van der Waals surface area contributed by atoms with Crippen molar-refractivity contribution in [3.63, 3.8) is 0 Å². The first-order chi connectivity index (χ1) is 13.9. The quantitative estimate of drug-likeness (QED) is 0.512. The molecule has 0 bridgehead atoms. The van der Waals surface area contributed by atoms with Crippen molar-refractivity contribution in [3.05, 3.63) is 72.1 Å². The normalized spacial score (nSPS) is 12.6. The fraction of sp³-hybridized carbons (Fsp3) is 0.481. The van der Waals surface area contributed by atoms with Gasteiger partial charge in [0.2, 0.25) is 0 Å². The van der Waals surface area contributed by atoms with Gasteiger partial charge in [-0.05, 0) is 35.1 Å². The Balaban J connectivity index is 0.000000626. The highest BCUT2D eigenvalue weighted by Gasteiger charge is 2.20. The van der Waals surface area contributed by atoms with E-state index in [1.807, 2.05) is 0 Å². The first kappa shape index (κ1) is 24.8. The molecule has 0 saturated heterocycles. The first-order valence-corrected chi connectivity index (χ1v) is 11.3. The lowest BCUT2D eigenvalue weighted by atomic mass is 10.0. The van der Waals surface area contributed by atoms with E-state index in [1.165, 1.54) is 35.3 Å². The molecule has 0 atom stereocenters. The summed E-state index contributed by atoms with van der Waals surface area (Å²) < 4.78 is 0. The number of anilines is 2. The second-order valence-corrected chi connectivity index (χ2v) is 8.22. The van der Waals surface area contributed by atoms with Gasteiger partial charge in [0.15, 0.2) is 0 Å². The number of hydrogen-bond acceptors (Lipinski definition) is 2. The molecule has 0 aromatic heterocycles. The van der Waals surface area contributed by atoms with Crippen molar-refractivity contribution >= 4 is 11.4 Å². The molecule has 0 saturated carbocycles. The first-order valence-electron chi connectivity index (χ1n) is 11.3. The van der Waals surface area contributed by atoms with Crippen molar-refractivity contribution in [1.29, 1.82) is 0 Å². The van der Waals surface area contributed by atoms with Crippen molar-refractivity contribution in [2.45, 2.75) is 80.1 Å². The molecule has 1 aliphatic heterocycles. The minimum absolute atomic E-state index is 0.525. The third kappa shape index (κ3) is 7.27. The van der Waals surface area contributed by atoms with Gasteiger partial charge in [-0.15, -0.1) is 0 Å². The van der Waals surface area contributed by atoms with E-state index in [2.05, 4.69) is 126 Å². The highest BCUT2D eigenvalue weighted by atomic mass is 15.3. The van der Waals surface area contributed by atoms with Gasteiger partial charge < -0.3 is 9.80 Å². The molecule has 0 spiro atoms. The Morgan fingerprint density at radius 2 is 0.931 bits per heavy atom. The van der Waals surface area contributed by atoms with Crippen LogP contribution in [0.25, 0.3) is 0 Å². The van der Waals surface area contributed by atoms with Crippen molar-refractivity contribution in [3.8, 4) is 0 Å². The Labute approximate surface area is 180 Å². The minimum atomic E-state index is 0.525. The van der Waals surface area contributed by atoms with E-state index in [-0.39, 0.29) is 0 Å². The third-order valence-corrected chi connectivity index (χ3v) is 4.47. The molecule has 0 fully saturated rings. The summed E-state index contributed by atoms with van der Waals surface area (Å²) in [4.78, 5) is 4.68. The number of hydrogen-bond donors (Lipinski definition) is 0. The zero-order valence-electron chi connectivity index (χ0n) is 19.9.